The second kappa shape index (κ2) is 3.06. The van der Waals surface area contributed by atoms with Gasteiger partial charge in [-0.05, 0) is 18.3 Å². The van der Waals surface area contributed by atoms with Crippen LogP contribution in [0, 0.1) is 11.8 Å². The number of rotatable bonds is 2. The van der Waals surface area contributed by atoms with Crippen LogP contribution in [0.15, 0.2) is 0 Å². The molecular formula is C7H18. The van der Waals surface area contributed by atoms with Crippen LogP contribution in [-0.2, 0) is 0 Å². The molecule has 7 heavy (non-hydrogen) atoms. The van der Waals surface area contributed by atoms with Gasteiger partial charge >= 0.3 is 0 Å². The summed E-state index contributed by atoms with van der Waals surface area (Å²) in [5.41, 5.74) is 0. The molecule has 0 aliphatic carbocycles. The summed E-state index contributed by atoms with van der Waals surface area (Å²) in [7, 11) is 0. The fourth-order valence-electron chi connectivity index (χ4n) is 0.943. The summed E-state index contributed by atoms with van der Waals surface area (Å²) in [6.07, 6.45) is 1.36. The van der Waals surface area contributed by atoms with Crippen molar-refractivity contribution in [2.45, 2.75) is 34.1 Å². The Balaban J connectivity index is 0. The maximum absolute atomic E-state index is 2.26. The Morgan fingerprint density at radius 3 is 1.29 bits per heavy atom. The summed E-state index contributed by atoms with van der Waals surface area (Å²) >= 11 is 0. The zero-order valence-corrected chi connectivity index (χ0v) is 5.86. The molecule has 0 rings (SSSR count). The molecule has 0 aliphatic rings. The van der Waals surface area contributed by atoms with Crippen molar-refractivity contribution in [2.75, 3.05) is 0 Å². The lowest BCUT2D eigenvalue weighted by Gasteiger charge is -2.05. The second-order valence-corrected chi connectivity index (χ2v) is 3.02. The average Bonchev–Trinajstić information content (AvgIpc) is 1.27. The number of hydrogen-bond donors (Lipinski definition) is 0. The lowest BCUT2D eigenvalue weighted by atomic mass is 10.0. The van der Waals surface area contributed by atoms with Crippen LogP contribution in [0.4, 0.5) is 0 Å². The lowest BCUT2D eigenvalue weighted by molar-refractivity contribution is 0.469. The molecule has 0 aliphatic heterocycles. The molecule has 0 amide bonds. The summed E-state index contributed by atoms with van der Waals surface area (Å²) in [4.78, 5) is 0. The van der Waals surface area contributed by atoms with Crippen LogP contribution in [0.3, 0.4) is 0 Å². The summed E-state index contributed by atoms with van der Waals surface area (Å²) in [6.45, 7) is 9.06. The van der Waals surface area contributed by atoms with E-state index in [1.54, 1.807) is 0 Å². The van der Waals surface area contributed by atoms with E-state index in [1.165, 1.54) is 6.42 Å². The zero-order chi connectivity index (χ0) is 5.86. The van der Waals surface area contributed by atoms with E-state index in [4.69, 9.17) is 0 Å². The van der Waals surface area contributed by atoms with Crippen molar-refractivity contribution >= 4 is 0 Å². The molecule has 0 nitrogen and oxygen atoms in total. The van der Waals surface area contributed by atoms with Crippen molar-refractivity contribution in [3.05, 3.63) is 0 Å². The fraction of sp³-hybridized carbons (Fsp3) is 1.00. The van der Waals surface area contributed by atoms with Crippen molar-refractivity contribution in [3.8, 4) is 0 Å². The van der Waals surface area contributed by atoms with Gasteiger partial charge in [0.1, 0.15) is 0 Å². The Labute approximate surface area is 48.4 Å². The Bertz CT molecular complexity index is 33.7. The first kappa shape index (κ1) is 7.00. The highest BCUT2D eigenvalue weighted by Gasteiger charge is 1.95. The smallest absolute Gasteiger partial charge is 0 e. The van der Waals surface area contributed by atoms with Gasteiger partial charge in [-0.2, -0.15) is 0 Å². The Morgan fingerprint density at radius 1 is 1.00 bits per heavy atom. The minimum atomic E-state index is 0. The molecule has 0 bridgehead atoms. The van der Waals surface area contributed by atoms with E-state index in [1.807, 2.05) is 0 Å². The van der Waals surface area contributed by atoms with E-state index in [0.29, 0.717) is 0 Å². The summed E-state index contributed by atoms with van der Waals surface area (Å²) in [5, 5.41) is 0. The minimum absolute atomic E-state index is 0. The van der Waals surface area contributed by atoms with Gasteiger partial charge in [0.15, 0.2) is 0 Å². The molecule has 0 aromatic rings. The third-order valence-electron chi connectivity index (χ3n) is 0.943. The first-order valence-electron chi connectivity index (χ1n) is 3.13. The maximum Gasteiger partial charge on any atom is 0 e. The van der Waals surface area contributed by atoms with Gasteiger partial charge in [-0.3, -0.25) is 0 Å². The molecule has 0 fully saturated rings. The van der Waals surface area contributed by atoms with Gasteiger partial charge in [-0.25, -0.2) is 0 Å². The van der Waals surface area contributed by atoms with Crippen LogP contribution >= 0.6 is 0 Å². The van der Waals surface area contributed by atoms with Gasteiger partial charge in [-0.1, -0.05) is 27.7 Å². The molecule has 0 heterocycles. The number of hydrogen-bond acceptors (Lipinski definition) is 0. The SMILES string of the molecule is CC(C)CC(C)C.[HH]. The third kappa shape index (κ3) is 6.00. The van der Waals surface area contributed by atoms with Gasteiger partial charge in [-0.15, -0.1) is 0 Å². The molecule has 0 aromatic carbocycles. The Hall–Kier alpha value is 0. The normalized spacial score (nSPS) is 11.1. The van der Waals surface area contributed by atoms with Crippen LogP contribution in [0.5, 0.6) is 0 Å². The summed E-state index contributed by atoms with van der Waals surface area (Å²) in [6, 6.07) is 0. The second-order valence-electron chi connectivity index (χ2n) is 3.02. The van der Waals surface area contributed by atoms with Crippen molar-refractivity contribution in [1.82, 2.24) is 0 Å². The molecule has 0 radical (unpaired) electrons. The standard InChI is InChI=1S/C7H16.H2/c1-6(2)5-7(3)4;/h6-7H,5H2,1-4H3;1H. The first-order valence-corrected chi connectivity index (χ1v) is 3.13. The van der Waals surface area contributed by atoms with Crippen molar-refractivity contribution < 1.29 is 1.43 Å². The van der Waals surface area contributed by atoms with E-state index in [0.717, 1.165) is 11.8 Å². The van der Waals surface area contributed by atoms with Crippen LogP contribution in [-0.4, -0.2) is 0 Å². The van der Waals surface area contributed by atoms with E-state index >= 15 is 0 Å². The average molecular weight is 102 g/mol. The zero-order valence-electron chi connectivity index (χ0n) is 5.86. The predicted octanol–water partition coefficient (Wildman–Crippen LogP) is 2.93. The summed E-state index contributed by atoms with van der Waals surface area (Å²) in [5.74, 6) is 1.75. The molecule has 0 saturated heterocycles. The van der Waals surface area contributed by atoms with Crippen molar-refractivity contribution in [1.29, 1.82) is 0 Å². The van der Waals surface area contributed by atoms with Gasteiger partial charge in [0.2, 0.25) is 0 Å². The molecule has 0 unspecified atom stereocenters. The van der Waals surface area contributed by atoms with Crippen LogP contribution < -0.4 is 0 Å². The van der Waals surface area contributed by atoms with E-state index < -0.39 is 0 Å². The van der Waals surface area contributed by atoms with Gasteiger partial charge in [0.05, 0.1) is 0 Å². The predicted molar refractivity (Wildman–Crippen MR) is 36.4 cm³/mol. The fourth-order valence-corrected chi connectivity index (χ4v) is 0.943. The largest absolute Gasteiger partial charge is 0.0628 e. The maximum atomic E-state index is 2.26. The molecule has 0 N–H and O–H groups in total. The summed E-state index contributed by atoms with van der Waals surface area (Å²) < 4.78 is 0. The van der Waals surface area contributed by atoms with Crippen LogP contribution in [0.1, 0.15) is 35.5 Å². The molecule has 0 atom stereocenters. The van der Waals surface area contributed by atoms with Gasteiger partial charge in [0.25, 0.3) is 0 Å². The lowest BCUT2D eigenvalue weighted by Crippen LogP contribution is -1.93. The van der Waals surface area contributed by atoms with Gasteiger partial charge in [0, 0.05) is 1.43 Å². The minimum Gasteiger partial charge on any atom is -0.0628 e. The molecule has 0 heteroatoms. The monoisotopic (exact) mass is 102 g/mol. The van der Waals surface area contributed by atoms with Crippen molar-refractivity contribution in [3.63, 3.8) is 0 Å². The molecule has 0 saturated carbocycles. The topological polar surface area (TPSA) is 0 Å². The van der Waals surface area contributed by atoms with Crippen molar-refractivity contribution in [2.24, 2.45) is 11.8 Å². The quantitative estimate of drug-likeness (QED) is 0.503. The molecular weight excluding hydrogens is 84.1 g/mol. The van der Waals surface area contributed by atoms with E-state index in [2.05, 4.69) is 27.7 Å². The molecule has 0 aromatic heterocycles. The highest BCUT2D eigenvalue weighted by molar-refractivity contribution is 4.47. The van der Waals surface area contributed by atoms with Gasteiger partial charge < -0.3 is 0 Å². The Morgan fingerprint density at radius 2 is 1.29 bits per heavy atom. The molecule has 46 valence electrons. The highest BCUT2D eigenvalue weighted by Crippen LogP contribution is 2.08. The van der Waals surface area contributed by atoms with E-state index in [-0.39, 0.29) is 1.43 Å². The third-order valence-corrected chi connectivity index (χ3v) is 0.943. The van der Waals surface area contributed by atoms with Crippen LogP contribution in [0.25, 0.3) is 0 Å². The van der Waals surface area contributed by atoms with E-state index in [9.17, 15) is 0 Å². The Kier molecular flexibility index (Phi) is 3.06. The van der Waals surface area contributed by atoms with Crippen LogP contribution in [0.2, 0.25) is 0 Å². The first-order chi connectivity index (χ1) is 3.13. The highest BCUT2D eigenvalue weighted by atomic mass is 14.0. The molecule has 0 spiro atoms.